The van der Waals surface area contributed by atoms with Gasteiger partial charge in [0.1, 0.15) is 0 Å². The van der Waals surface area contributed by atoms with Gasteiger partial charge in [0, 0.05) is 43.5 Å². The van der Waals surface area contributed by atoms with Gasteiger partial charge in [0.05, 0.1) is 6.54 Å². The van der Waals surface area contributed by atoms with Crippen molar-refractivity contribution in [3.05, 3.63) is 60.2 Å². The predicted octanol–water partition coefficient (Wildman–Crippen LogP) is 4.38. The second-order valence-corrected chi connectivity index (χ2v) is 7.60. The highest BCUT2D eigenvalue weighted by Crippen LogP contribution is 2.19. The lowest BCUT2D eigenvalue weighted by Crippen LogP contribution is -2.44. The van der Waals surface area contributed by atoms with Gasteiger partial charge in [-0.05, 0) is 49.6 Å². The molecule has 1 amide bonds. The maximum Gasteiger partial charge on any atom is 0.224 e. The average Bonchev–Trinajstić information content (AvgIpc) is 3.22. The minimum absolute atomic E-state index is 0. The van der Waals surface area contributed by atoms with Crippen LogP contribution in [0, 0.1) is 0 Å². The Morgan fingerprint density at radius 1 is 1.10 bits per heavy atom. The Morgan fingerprint density at radius 3 is 2.52 bits per heavy atom. The summed E-state index contributed by atoms with van der Waals surface area (Å²) in [6.07, 6.45) is 2.49. The Balaban J connectivity index is 0.00000341. The van der Waals surface area contributed by atoms with Crippen molar-refractivity contribution in [2.75, 3.05) is 29.9 Å². The number of halogens is 1. The van der Waals surface area contributed by atoms with Gasteiger partial charge in [0.2, 0.25) is 5.91 Å². The number of hydrogen-bond acceptors (Lipinski definition) is 3. The average molecular weight is 535 g/mol. The van der Waals surface area contributed by atoms with Crippen LogP contribution < -0.4 is 20.9 Å². The molecular formula is C24H34IN5O. The molecule has 1 aliphatic rings. The molecule has 0 saturated carbocycles. The van der Waals surface area contributed by atoms with Gasteiger partial charge < -0.3 is 20.9 Å². The van der Waals surface area contributed by atoms with Gasteiger partial charge in [-0.2, -0.15) is 0 Å². The first-order valence-electron chi connectivity index (χ1n) is 10.9. The third-order valence-corrected chi connectivity index (χ3v) is 5.13. The van der Waals surface area contributed by atoms with Crippen molar-refractivity contribution >= 4 is 47.2 Å². The van der Waals surface area contributed by atoms with Crippen LogP contribution in [0.15, 0.2) is 59.6 Å². The summed E-state index contributed by atoms with van der Waals surface area (Å²) in [6.45, 7) is 7.52. The fourth-order valence-corrected chi connectivity index (χ4v) is 3.58. The zero-order valence-electron chi connectivity index (χ0n) is 18.4. The number of rotatable bonds is 8. The van der Waals surface area contributed by atoms with Crippen molar-refractivity contribution in [1.82, 2.24) is 10.6 Å². The van der Waals surface area contributed by atoms with Crippen LogP contribution in [0.5, 0.6) is 0 Å². The Morgan fingerprint density at radius 2 is 1.84 bits per heavy atom. The van der Waals surface area contributed by atoms with E-state index < -0.39 is 0 Å². The zero-order valence-corrected chi connectivity index (χ0v) is 20.8. The summed E-state index contributed by atoms with van der Waals surface area (Å²) in [5, 5.41) is 9.84. The number of nitrogens with one attached hydrogen (secondary N) is 3. The van der Waals surface area contributed by atoms with Crippen LogP contribution in [-0.4, -0.2) is 37.5 Å². The topological polar surface area (TPSA) is 68.8 Å². The molecule has 31 heavy (non-hydrogen) atoms. The molecular weight excluding hydrogens is 501 g/mol. The van der Waals surface area contributed by atoms with Crippen molar-refractivity contribution in [2.24, 2.45) is 4.99 Å². The number of amides is 1. The number of carbonyl (C=O) groups excluding carboxylic acids is 1. The van der Waals surface area contributed by atoms with E-state index in [1.807, 2.05) is 31.2 Å². The van der Waals surface area contributed by atoms with E-state index in [4.69, 9.17) is 4.99 Å². The lowest BCUT2D eigenvalue weighted by molar-refractivity contribution is -0.116. The summed E-state index contributed by atoms with van der Waals surface area (Å²) in [4.78, 5) is 18.9. The standard InChI is InChI=1S/C24H33N5O.HI/c1-3-8-23(30)27-20-13-11-19(12-14-20)17-26-24(25-4-2)28-21-15-16-29(18-21)22-9-6-5-7-10-22;/h5-7,9-14,21H,3-4,8,15-18H2,1-2H3,(H,27,30)(H2,25,26,28);1H. The van der Waals surface area contributed by atoms with E-state index in [0.717, 1.165) is 49.7 Å². The van der Waals surface area contributed by atoms with Crippen molar-refractivity contribution in [1.29, 1.82) is 0 Å². The molecule has 2 aromatic carbocycles. The minimum Gasteiger partial charge on any atom is -0.369 e. The van der Waals surface area contributed by atoms with Crippen LogP contribution in [-0.2, 0) is 11.3 Å². The van der Waals surface area contributed by atoms with Gasteiger partial charge in [-0.15, -0.1) is 24.0 Å². The Hall–Kier alpha value is -2.29. The summed E-state index contributed by atoms with van der Waals surface area (Å²) in [6, 6.07) is 18.8. The molecule has 3 rings (SSSR count). The molecule has 2 aromatic rings. The number of para-hydroxylation sites is 1. The summed E-state index contributed by atoms with van der Waals surface area (Å²) in [7, 11) is 0. The zero-order chi connectivity index (χ0) is 21.2. The van der Waals surface area contributed by atoms with Crippen molar-refractivity contribution in [3.63, 3.8) is 0 Å². The molecule has 3 N–H and O–H groups in total. The molecule has 7 heteroatoms. The van der Waals surface area contributed by atoms with Crippen LogP contribution in [0.3, 0.4) is 0 Å². The highest BCUT2D eigenvalue weighted by atomic mass is 127. The van der Waals surface area contributed by atoms with Gasteiger partial charge in [-0.3, -0.25) is 4.79 Å². The first kappa shape index (κ1) is 25.0. The minimum atomic E-state index is 0. The second kappa shape index (κ2) is 13.2. The van der Waals surface area contributed by atoms with E-state index >= 15 is 0 Å². The quantitative estimate of drug-likeness (QED) is 0.267. The molecule has 6 nitrogen and oxygen atoms in total. The van der Waals surface area contributed by atoms with E-state index in [9.17, 15) is 4.79 Å². The molecule has 1 atom stereocenters. The third kappa shape index (κ3) is 8.05. The normalized spacial score (nSPS) is 15.9. The molecule has 1 aliphatic heterocycles. The SMILES string of the molecule is CCCC(=O)Nc1ccc(CN=C(NCC)NC2CCN(c3ccccc3)C2)cc1.I. The Bertz CT molecular complexity index is 826. The Labute approximate surface area is 202 Å². The number of guanidine groups is 1. The third-order valence-electron chi connectivity index (χ3n) is 5.13. The number of carbonyl (C=O) groups is 1. The van der Waals surface area contributed by atoms with E-state index in [1.54, 1.807) is 0 Å². The van der Waals surface area contributed by atoms with E-state index in [-0.39, 0.29) is 29.9 Å². The Kier molecular flexibility index (Phi) is 10.6. The first-order valence-corrected chi connectivity index (χ1v) is 10.9. The van der Waals surface area contributed by atoms with Gasteiger partial charge in [-0.25, -0.2) is 4.99 Å². The molecule has 0 spiro atoms. The molecule has 0 aromatic heterocycles. The van der Waals surface area contributed by atoms with Gasteiger partial charge in [0.15, 0.2) is 5.96 Å². The highest BCUT2D eigenvalue weighted by molar-refractivity contribution is 14.0. The smallest absolute Gasteiger partial charge is 0.224 e. The van der Waals surface area contributed by atoms with Crippen LogP contribution in [0.1, 0.15) is 38.7 Å². The summed E-state index contributed by atoms with van der Waals surface area (Å²) < 4.78 is 0. The first-order chi connectivity index (χ1) is 14.7. The van der Waals surface area contributed by atoms with E-state index in [2.05, 4.69) is 58.1 Å². The fourth-order valence-electron chi connectivity index (χ4n) is 3.58. The van der Waals surface area contributed by atoms with Gasteiger partial charge >= 0.3 is 0 Å². The van der Waals surface area contributed by atoms with Crippen LogP contribution in [0.4, 0.5) is 11.4 Å². The second-order valence-electron chi connectivity index (χ2n) is 7.60. The summed E-state index contributed by atoms with van der Waals surface area (Å²) in [5.41, 5.74) is 3.21. The van der Waals surface area contributed by atoms with Crippen molar-refractivity contribution < 1.29 is 4.79 Å². The number of anilines is 2. The van der Waals surface area contributed by atoms with Crippen LogP contribution in [0.2, 0.25) is 0 Å². The number of benzene rings is 2. The van der Waals surface area contributed by atoms with Gasteiger partial charge in [-0.1, -0.05) is 37.3 Å². The van der Waals surface area contributed by atoms with E-state index in [1.165, 1.54) is 5.69 Å². The molecule has 0 radical (unpaired) electrons. The monoisotopic (exact) mass is 535 g/mol. The molecule has 168 valence electrons. The lowest BCUT2D eigenvalue weighted by Gasteiger charge is -2.20. The molecule has 1 heterocycles. The molecule has 1 fully saturated rings. The fraction of sp³-hybridized carbons (Fsp3) is 0.417. The van der Waals surface area contributed by atoms with Crippen LogP contribution in [0.25, 0.3) is 0 Å². The number of aliphatic imine (C=N–C) groups is 1. The van der Waals surface area contributed by atoms with Crippen LogP contribution >= 0.6 is 24.0 Å². The van der Waals surface area contributed by atoms with Crippen molar-refractivity contribution in [3.8, 4) is 0 Å². The predicted molar refractivity (Wildman–Crippen MR) is 140 cm³/mol. The van der Waals surface area contributed by atoms with E-state index in [0.29, 0.717) is 19.0 Å². The lowest BCUT2D eigenvalue weighted by atomic mass is 10.2. The van der Waals surface area contributed by atoms with Gasteiger partial charge in [0.25, 0.3) is 0 Å². The molecule has 1 unspecified atom stereocenters. The number of nitrogens with zero attached hydrogens (tertiary/aromatic N) is 2. The maximum atomic E-state index is 11.7. The largest absolute Gasteiger partial charge is 0.369 e. The van der Waals surface area contributed by atoms with Crippen molar-refractivity contribution in [2.45, 2.75) is 45.7 Å². The molecule has 1 saturated heterocycles. The summed E-state index contributed by atoms with van der Waals surface area (Å²) in [5.74, 6) is 0.903. The maximum absolute atomic E-state index is 11.7. The summed E-state index contributed by atoms with van der Waals surface area (Å²) >= 11 is 0. The molecule has 0 bridgehead atoms. The highest BCUT2D eigenvalue weighted by Gasteiger charge is 2.23. The number of hydrogen-bond donors (Lipinski definition) is 3. The molecule has 0 aliphatic carbocycles.